The fourth-order valence-corrected chi connectivity index (χ4v) is 5.70. The van der Waals surface area contributed by atoms with Gasteiger partial charge >= 0.3 is 6.03 Å². The monoisotopic (exact) mass is 460 g/mol. The summed E-state index contributed by atoms with van der Waals surface area (Å²) in [7, 11) is 2.09. The molecule has 1 unspecified atom stereocenters. The van der Waals surface area contributed by atoms with E-state index in [0.717, 1.165) is 53.8 Å². The first-order valence-electron chi connectivity index (χ1n) is 10.1. The number of hydrogen-bond donors (Lipinski definition) is 3. The summed E-state index contributed by atoms with van der Waals surface area (Å²) in [6.07, 6.45) is 1.46. The Morgan fingerprint density at radius 1 is 1.29 bits per heavy atom. The number of hydrazone groups is 1. The van der Waals surface area contributed by atoms with E-state index in [4.69, 9.17) is 28.2 Å². The number of benzene rings is 1. The lowest BCUT2D eigenvalue weighted by Gasteiger charge is -2.22. The van der Waals surface area contributed by atoms with E-state index in [1.807, 2.05) is 24.3 Å². The Labute approximate surface area is 189 Å². The molecular weight excluding hydrogens is 436 g/mol. The normalized spacial score (nSPS) is 17.3. The van der Waals surface area contributed by atoms with Crippen LogP contribution in [0.25, 0.3) is 0 Å². The van der Waals surface area contributed by atoms with E-state index in [0.29, 0.717) is 17.0 Å². The number of nitrogens with one attached hydrogen (secondary N) is 1. The van der Waals surface area contributed by atoms with Crippen molar-refractivity contribution in [2.24, 2.45) is 16.6 Å². The van der Waals surface area contributed by atoms with E-state index in [-0.39, 0.29) is 5.92 Å². The van der Waals surface area contributed by atoms with Gasteiger partial charge in [-0.3, -0.25) is 15.1 Å². The van der Waals surface area contributed by atoms with Crippen LogP contribution in [0.3, 0.4) is 0 Å². The van der Waals surface area contributed by atoms with Crippen molar-refractivity contribution in [1.82, 2.24) is 9.91 Å². The molecule has 2 aliphatic rings. The number of thiophene rings is 1. The van der Waals surface area contributed by atoms with Crippen molar-refractivity contribution >= 4 is 45.6 Å². The molecule has 8 nitrogen and oxygen atoms in total. The van der Waals surface area contributed by atoms with Gasteiger partial charge in [0.2, 0.25) is 0 Å². The summed E-state index contributed by atoms with van der Waals surface area (Å²) in [5, 5.41) is 10.7. The summed E-state index contributed by atoms with van der Waals surface area (Å²) in [5.41, 5.74) is 14.5. The molecule has 0 saturated heterocycles. The number of anilines is 1. The zero-order valence-electron chi connectivity index (χ0n) is 17.2. The van der Waals surface area contributed by atoms with Gasteiger partial charge in [-0.15, -0.1) is 11.3 Å². The number of halogens is 1. The largest absolute Gasteiger partial charge is 0.365 e. The molecule has 1 aliphatic carbocycles. The van der Waals surface area contributed by atoms with E-state index in [9.17, 15) is 9.59 Å². The lowest BCUT2D eigenvalue weighted by molar-refractivity contribution is 0.100. The molecule has 0 saturated carbocycles. The first kappa shape index (κ1) is 21.6. The van der Waals surface area contributed by atoms with Crippen LogP contribution in [-0.4, -0.2) is 54.2 Å². The molecule has 1 aromatic carbocycles. The average Bonchev–Trinajstić information content (AvgIpc) is 3.28. The van der Waals surface area contributed by atoms with Crippen molar-refractivity contribution in [3.8, 4) is 0 Å². The Kier molecular flexibility index (Phi) is 6.17. The topological polar surface area (TPSA) is 117 Å². The number of urea groups is 1. The zero-order valence-corrected chi connectivity index (χ0v) is 18.8. The van der Waals surface area contributed by atoms with Crippen molar-refractivity contribution < 1.29 is 9.59 Å². The zero-order chi connectivity index (χ0) is 22.1. The smallest absolute Gasteiger partial charge is 0.317 e. The van der Waals surface area contributed by atoms with Crippen LogP contribution in [0.1, 0.15) is 38.7 Å². The number of primary amides is 2. The molecule has 2 heterocycles. The number of fused-ring (bicyclic) bond motifs is 3. The standard InChI is InChI=1S/C21H25ClN6O2S/c1-27(10-12-2-4-13(22)5-3-12)8-9-28-11-15-16(26-28)7-6-14-17(19(23)29)20(25-21(24)30)31-18(14)15/h2-5,15H,6-11H2,1H3,(H2,23,29)(H3,24,25,30). The van der Waals surface area contributed by atoms with Crippen molar-refractivity contribution in [2.45, 2.75) is 25.3 Å². The minimum absolute atomic E-state index is 0.122. The van der Waals surface area contributed by atoms with Gasteiger partial charge in [0.05, 0.1) is 11.5 Å². The highest BCUT2D eigenvalue weighted by Gasteiger charge is 2.37. The summed E-state index contributed by atoms with van der Waals surface area (Å²) in [6.45, 7) is 3.26. The molecule has 0 radical (unpaired) electrons. The first-order chi connectivity index (χ1) is 14.8. The highest BCUT2D eigenvalue weighted by atomic mass is 35.5. The van der Waals surface area contributed by atoms with Gasteiger partial charge in [0.1, 0.15) is 5.00 Å². The van der Waals surface area contributed by atoms with E-state index in [2.05, 4.69) is 22.3 Å². The van der Waals surface area contributed by atoms with E-state index < -0.39 is 11.9 Å². The molecule has 0 bridgehead atoms. The second kappa shape index (κ2) is 8.86. The van der Waals surface area contributed by atoms with Gasteiger partial charge in [0.15, 0.2) is 0 Å². The minimum atomic E-state index is -0.702. The third kappa shape index (κ3) is 4.68. The summed E-state index contributed by atoms with van der Waals surface area (Å²) >= 11 is 7.34. The predicted octanol–water partition coefficient (Wildman–Crippen LogP) is 2.82. The van der Waals surface area contributed by atoms with Crippen LogP contribution in [0.5, 0.6) is 0 Å². The van der Waals surface area contributed by atoms with Crippen LogP contribution in [0.2, 0.25) is 5.02 Å². The highest BCUT2D eigenvalue weighted by Crippen LogP contribution is 2.44. The number of rotatable bonds is 7. The fraction of sp³-hybridized carbons (Fsp3) is 0.381. The van der Waals surface area contributed by atoms with Gasteiger partial charge in [-0.25, -0.2) is 4.79 Å². The highest BCUT2D eigenvalue weighted by molar-refractivity contribution is 7.17. The fourth-order valence-electron chi connectivity index (χ4n) is 4.20. The van der Waals surface area contributed by atoms with Gasteiger partial charge in [-0.05, 0) is 43.1 Å². The maximum Gasteiger partial charge on any atom is 0.317 e. The molecule has 3 amide bonds. The van der Waals surface area contributed by atoms with Crippen LogP contribution >= 0.6 is 22.9 Å². The molecule has 0 fully saturated rings. The van der Waals surface area contributed by atoms with Crippen molar-refractivity contribution in [3.63, 3.8) is 0 Å². The Bertz CT molecular complexity index is 1040. The van der Waals surface area contributed by atoms with Crippen molar-refractivity contribution in [1.29, 1.82) is 0 Å². The molecule has 0 spiro atoms. The average molecular weight is 461 g/mol. The molecular formula is C21H25ClN6O2S. The number of carbonyl (C=O) groups excluding carboxylic acids is 2. The molecule has 2 aromatic rings. The third-order valence-corrected chi connectivity index (χ3v) is 7.15. The maximum atomic E-state index is 12.0. The number of carbonyl (C=O) groups is 2. The second-order valence-electron chi connectivity index (χ2n) is 7.92. The maximum absolute atomic E-state index is 12.0. The lowest BCUT2D eigenvalue weighted by atomic mass is 9.86. The third-order valence-electron chi connectivity index (χ3n) is 5.64. The van der Waals surface area contributed by atoms with E-state index >= 15 is 0 Å². The van der Waals surface area contributed by atoms with Gasteiger partial charge < -0.3 is 16.4 Å². The lowest BCUT2D eigenvalue weighted by Crippen LogP contribution is -2.30. The first-order valence-corrected chi connectivity index (χ1v) is 11.3. The Hall–Kier alpha value is -2.62. The number of nitrogens with zero attached hydrogens (tertiary/aromatic N) is 3. The molecule has 31 heavy (non-hydrogen) atoms. The number of nitrogens with two attached hydrogens (primary N) is 2. The molecule has 1 aromatic heterocycles. The van der Waals surface area contributed by atoms with Crippen LogP contribution < -0.4 is 16.8 Å². The summed E-state index contributed by atoms with van der Waals surface area (Å²) in [5.74, 6) is -0.419. The summed E-state index contributed by atoms with van der Waals surface area (Å²) < 4.78 is 0. The van der Waals surface area contributed by atoms with Gasteiger partial charge in [-0.1, -0.05) is 23.7 Å². The molecule has 1 aliphatic heterocycles. The van der Waals surface area contributed by atoms with E-state index in [1.54, 1.807) is 0 Å². The second-order valence-corrected chi connectivity index (χ2v) is 9.41. The van der Waals surface area contributed by atoms with Crippen LogP contribution in [0.15, 0.2) is 29.4 Å². The SMILES string of the molecule is CN(CCN1CC2C(=N1)CCc1c2sc(NC(N)=O)c1C(N)=O)Cc1ccc(Cl)cc1. The Morgan fingerprint density at radius 2 is 2.03 bits per heavy atom. The van der Waals surface area contributed by atoms with Gasteiger partial charge in [0.25, 0.3) is 5.91 Å². The molecule has 4 rings (SSSR count). The molecule has 10 heteroatoms. The van der Waals surface area contributed by atoms with Crippen LogP contribution in [0, 0.1) is 0 Å². The predicted molar refractivity (Wildman–Crippen MR) is 124 cm³/mol. The summed E-state index contributed by atoms with van der Waals surface area (Å²) in [6, 6.07) is 7.18. The molecule has 1 atom stereocenters. The van der Waals surface area contributed by atoms with Gasteiger partial charge in [0, 0.05) is 41.8 Å². The van der Waals surface area contributed by atoms with Crippen LogP contribution in [-0.2, 0) is 13.0 Å². The quantitative estimate of drug-likeness (QED) is 0.588. The number of hydrogen-bond acceptors (Lipinski definition) is 6. The minimum Gasteiger partial charge on any atom is -0.365 e. The summed E-state index contributed by atoms with van der Waals surface area (Å²) in [4.78, 5) is 26.7. The molecule has 5 N–H and O–H groups in total. The Balaban J connectivity index is 1.42. The van der Waals surface area contributed by atoms with Crippen molar-refractivity contribution in [2.75, 3.05) is 32.0 Å². The van der Waals surface area contributed by atoms with E-state index in [1.165, 1.54) is 16.9 Å². The van der Waals surface area contributed by atoms with Crippen molar-refractivity contribution in [3.05, 3.63) is 50.9 Å². The Morgan fingerprint density at radius 3 is 2.71 bits per heavy atom. The number of amides is 3. The number of likely N-dealkylation sites (N-methyl/N-ethyl adjacent to an activating group) is 1. The molecule has 164 valence electrons. The van der Waals surface area contributed by atoms with Crippen LogP contribution in [0.4, 0.5) is 9.80 Å². The van der Waals surface area contributed by atoms with Gasteiger partial charge in [-0.2, -0.15) is 5.10 Å².